The van der Waals surface area contributed by atoms with Crippen LogP contribution in [0.15, 0.2) is 35.5 Å². The first kappa shape index (κ1) is 23.3. The molecule has 0 saturated carbocycles. The number of hydrogen-bond acceptors (Lipinski definition) is 5. The van der Waals surface area contributed by atoms with Gasteiger partial charge in [-0.15, -0.1) is 0 Å². The van der Waals surface area contributed by atoms with Crippen LogP contribution < -0.4 is 5.32 Å². The van der Waals surface area contributed by atoms with E-state index in [0.29, 0.717) is 31.9 Å². The summed E-state index contributed by atoms with van der Waals surface area (Å²) in [7, 11) is 0. The predicted octanol–water partition coefficient (Wildman–Crippen LogP) is 3.22. The summed E-state index contributed by atoms with van der Waals surface area (Å²) in [5, 5.41) is 3.03. The molecule has 31 heavy (non-hydrogen) atoms. The van der Waals surface area contributed by atoms with Gasteiger partial charge in [-0.25, -0.2) is 9.59 Å². The molecule has 170 valence electrons. The molecule has 1 unspecified atom stereocenters. The molecule has 2 amide bonds. The van der Waals surface area contributed by atoms with Crippen LogP contribution in [0.4, 0.5) is 4.79 Å². The second-order valence-corrected chi connectivity index (χ2v) is 8.97. The minimum atomic E-state index is -0.542. The summed E-state index contributed by atoms with van der Waals surface area (Å²) in [6, 6.07) is 7.40. The lowest BCUT2D eigenvalue weighted by Gasteiger charge is -2.39. The van der Waals surface area contributed by atoms with Crippen LogP contribution in [0.25, 0.3) is 0 Å². The molecule has 1 aromatic rings. The Morgan fingerprint density at radius 1 is 1.16 bits per heavy atom. The predicted molar refractivity (Wildman–Crippen MR) is 120 cm³/mol. The van der Waals surface area contributed by atoms with Crippen molar-refractivity contribution < 1.29 is 19.1 Å². The number of benzene rings is 1. The van der Waals surface area contributed by atoms with Crippen molar-refractivity contribution in [1.82, 2.24) is 15.1 Å². The van der Waals surface area contributed by atoms with Crippen LogP contribution in [0.2, 0.25) is 0 Å². The van der Waals surface area contributed by atoms with E-state index in [1.165, 1.54) is 5.56 Å². The fourth-order valence-corrected chi connectivity index (χ4v) is 4.05. The third-order valence-corrected chi connectivity index (χ3v) is 5.84. The van der Waals surface area contributed by atoms with E-state index in [1.807, 2.05) is 19.1 Å². The number of urea groups is 1. The molecule has 1 N–H and O–H groups in total. The summed E-state index contributed by atoms with van der Waals surface area (Å²) in [5.41, 5.74) is 3.33. The molecule has 0 spiro atoms. The molecule has 0 radical (unpaired) electrons. The van der Waals surface area contributed by atoms with Gasteiger partial charge in [0.1, 0.15) is 0 Å². The first-order chi connectivity index (χ1) is 14.8. The largest absolute Gasteiger partial charge is 0.463 e. The molecule has 0 aliphatic carbocycles. The van der Waals surface area contributed by atoms with Gasteiger partial charge in [-0.2, -0.15) is 0 Å². The van der Waals surface area contributed by atoms with E-state index in [1.54, 1.807) is 11.8 Å². The number of rotatable bonds is 6. The Labute approximate surface area is 185 Å². The number of likely N-dealkylation sites (N-methyl/N-ethyl adjacent to an activating group) is 1. The lowest BCUT2D eigenvalue weighted by molar-refractivity contribution is -0.139. The van der Waals surface area contributed by atoms with Crippen molar-refractivity contribution in [2.45, 2.75) is 46.1 Å². The quantitative estimate of drug-likeness (QED) is 0.703. The summed E-state index contributed by atoms with van der Waals surface area (Å²) in [4.78, 5) is 30.0. The Morgan fingerprint density at radius 2 is 1.81 bits per heavy atom. The minimum absolute atomic E-state index is 0.0225. The van der Waals surface area contributed by atoms with Gasteiger partial charge in [0.2, 0.25) is 0 Å². The Kier molecular flexibility index (Phi) is 7.38. The normalized spacial score (nSPS) is 20.6. The second kappa shape index (κ2) is 9.83. The van der Waals surface area contributed by atoms with Gasteiger partial charge in [0, 0.05) is 31.9 Å². The number of amides is 2. The lowest BCUT2D eigenvalue weighted by atomic mass is 9.85. The van der Waals surface area contributed by atoms with Gasteiger partial charge in [-0.1, -0.05) is 45.0 Å². The third-order valence-electron chi connectivity index (χ3n) is 5.84. The van der Waals surface area contributed by atoms with Crippen LogP contribution in [0.3, 0.4) is 0 Å². The molecule has 2 aliphatic heterocycles. The number of carbonyl (C=O) groups excluding carboxylic acids is 2. The summed E-state index contributed by atoms with van der Waals surface area (Å²) >= 11 is 0. The molecule has 0 bridgehead atoms. The van der Waals surface area contributed by atoms with Gasteiger partial charge in [0.05, 0.1) is 31.4 Å². The SMILES string of the molecule is CCOC(=O)C1=C(CN2CCOCC2)N(CC)C(=O)NC1c1ccc(C(C)(C)C)cc1. The van der Waals surface area contributed by atoms with Crippen LogP contribution in [0.5, 0.6) is 0 Å². The average molecular weight is 430 g/mol. The maximum atomic E-state index is 13.1. The molecule has 1 fully saturated rings. The van der Waals surface area contributed by atoms with Crippen LogP contribution in [-0.2, 0) is 19.7 Å². The van der Waals surface area contributed by atoms with Crippen LogP contribution in [-0.4, -0.2) is 67.8 Å². The Balaban J connectivity index is 2.06. The molecule has 7 nitrogen and oxygen atoms in total. The summed E-state index contributed by atoms with van der Waals surface area (Å²) < 4.78 is 10.9. The molecular formula is C24H35N3O4. The van der Waals surface area contributed by atoms with Crippen molar-refractivity contribution >= 4 is 12.0 Å². The van der Waals surface area contributed by atoms with E-state index in [9.17, 15) is 9.59 Å². The van der Waals surface area contributed by atoms with Crippen molar-refractivity contribution in [3.8, 4) is 0 Å². The highest BCUT2D eigenvalue weighted by Crippen LogP contribution is 2.33. The van der Waals surface area contributed by atoms with Gasteiger partial charge in [-0.05, 0) is 30.4 Å². The smallest absolute Gasteiger partial charge is 0.338 e. The first-order valence-electron chi connectivity index (χ1n) is 11.1. The molecule has 2 heterocycles. The highest BCUT2D eigenvalue weighted by atomic mass is 16.5. The average Bonchev–Trinajstić information content (AvgIpc) is 2.74. The van der Waals surface area contributed by atoms with Crippen molar-refractivity contribution in [3.63, 3.8) is 0 Å². The summed E-state index contributed by atoms with van der Waals surface area (Å²) in [6.07, 6.45) is 0. The Hall–Kier alpha value is -2.38. The zero-order valence-electron chi connectivity index (χ0n) is 19.4. The van der Waals surface area contributed by atoms with E-state index in [-0.39, 0.29) is 24.0 Å². The van der Waals surface area contributed by atoms with Crippen LogP contribution in [0.1, 0.15) is 51.8 Å². The maximum absolute atomic E-state index is 13.1. The number of hydrogen-bond donors (Lipinski definition) is 1. The standard InChI is InChI=1S/C24H35N3O4/c1-6-27-19(16-26-12-14-30-15-13-26)20(22(28)31-7-2)21(25-23(27)29)17-8-10-18(11-9-17)24(3,4)5/h8-11,21H,6-7,12-16H2,1-5H3,(H,25,29). The number of nitrogens with zero attached hydrogens (tertiary/aromatic N) is 2. The molecule has 3 rings (SSSR count). The fraction of sp³-hybridized carbons (Fsp3) is 0.583. The summed E-state index contributed by atoms with van der Waals surface area (Å²) in [6.45, 7) is 14.3. The van der Waals surface area contributed by atoms with E-state index in [4.69, 9.17) is 9.47 Å². The van der Waals surface area contributed by atoms with Crippen LogP contribution in [0, 0.1) is 0 Å². The van der Waals surface area contributed by atoms with E-state index in [2.05, 4.69) is 43.1 Å². The lowest BCUT2D eigenvalue weighted by Crippen LogP contribution is -2.51. The highest BCUT2D eigenvalue weighted by Gasteiger charge is 2.38. The van der Waals surface area contributed by atoms with Crippen molar-refractivity contribution in [1.29, 1.82) is 0 Å². The molecule has 1 aromatic carbocycles. The number of carbonyl (C=O) groups is 2. The molecule has 1 atom stereocenters. The monoisotopic (exact) mass is 429 g/mol. The van der Waals surface area contributed by atoms with Crippen molar-refractivity contribution in [2.75, 3.05) is 46.0 Å². The van der Waals surface area contributed by atoms with Gasteiger partial charge in [-0.3, -0.25) is 9.80 Å². The van der Waals surface area contributed by atoms with Gasteiger partial charge in [0.25, 0.3) is 0 Å². The van der Waals surface area contributed by atoms with E-state index in [0.717, 1.165) is 24.4 Å². The van der Waals surface area contributed by atoms with Crippen molar-refractivity contribution in [2.24, 2.45) is 0 Å². The zero-order valence-corrected chi connectivity index (χ0v) is 19.4. The van der Waals surface area contributed by atoms with Crippen LogP contribution >= 0.6 is 0 Å². The fourth-order valence-electron chi connectivity index (χ4n) is 4.05. The topological polar surface area (TPSA) is 71.1 Å². The second-order valence-electron chi connectivity index (χ2n) is 8.97. The van der Waals surface area contributed by atoms with Crippen molar-refractivity contribution in [3.05, 3.63) is 46.7 Å². The van der Waals surface area contributed by atoms with Gasteiger partial charge >= 0.3 is 12.0 Å². The number of esters is 1. The molecule has 1 saturated heterocycles. The zero-order chi connectivity index (χ0) is 22.6. The Bertz CT molecular complexity index is 820. The van der Waals surface area contributed by atoms with Gasteiger partial charge < -0.3 is 14.8 Å². The number of nitrogens with one attached hydrogen (secondary N) is 1. The van der Waals surface area contributed by atoms with E-state index >= 15 is 0 Å². The van der Waals surface area contributed by atoms with E-state index < -0.39 is 6.04 Å². The number of ether oxygens (including phenoxy) is 2. The minimum Gasteiger partial charge on any atom is -0.463 e. The van der Waals surface area contributed by atoms with Gasteiger partial charge in [0.15, 0.2) is 0 Å². The third kappa shape index (κ3) is 5.28. The molecule has 2 aliphatic rings. The first-order valence-corrected chi connectivity index (χ1v) is 11.1. The molecule has 0 aromatic heterocycles. The highest BCUT2D eigenvalue weighted by molar-refractivity contribution is 5.95. The number of morpholine rings is 1. The molecule has 7 heteroatoms. The maximum Gasteiger partial charge on any atom is 0.338 e. The molecular weight excluding hydrogens is 394 g/mol. The summed E-state index contributed by atoms with van der Waals surface area (Å²) in [5.74, 6) is -0.380. The Morgan fingerprint density at radius 3 is 2.35 bits per heavy atom.